The van der Waals surface area contributed by atoms with E-state index in [1.165, 1.54) is 24.3 Å². The number of carbonyl (C=O) groups excluding carboxylic acids is 1. The maximum absolute atomic E-state index is 11.9. The highest BCUT2D eigenvalue weighted by Gasteiger charge is 2.07. The number of hydrogen-bond donors (Lipinski definition) is 1. The van der Waals surface area contributed by atoms with Gasteiger partial charge in [0.05, 0.1) is 18.1 Å². The monoisotopic (exact) mass is 406 g/mol. The van der Waals surface area contributed by atoms with Crippen LogP contribution >= 0.6 is 0 Å². The second-order valence-corrected chi connectivity index (χ2v) is 6.61. The number of amides is 1. The zero-order chi connectivity index (χ0) is 21.2. The predicted octanol–water partition coefficient (Wildman–Crippen LogP) is 4.01. The molecule has 154 valence electrons. The van der Waals surface area contributed by atoms with E-state index in [1.54, 1.807) is 0 Å². The largest absolute Gasteiger partial charge is 0.484 e. The Hall–Kier alpha value is -3.71. The van der Waals surface area contributed by atoms with Gasteiger partial charge in [0.25, 0.3) is 11.6 Å². The van der Waals surface area contributed by atoms with E-state index in [0.717, 1.165) is 16.7 Å². The summed E-state index contributed by atoms with van der Waals surface area (Å²) in [6.07, 6.45) is 0. The van der Waals surface area contributed by atoms with E-state index in [9.17, 15) is 14.9 Å². The van der Waals surface area contributed by atoms with E-state index < -0.39 is 4.92 Å². The van der Waals surface area contributed by atoms with Gasteiger partial charge < -0.3 is 14.8 Å². The summed E-state index contributed by atoms with van der Waals surface area (Å²) in [7, 11) is 0. The molecule has 0 spiro atoms. The van der Waals surface area contributed by atoms with Crippen LogP contribution in [0.15, 0.2) is 78.9 Å². The summed E-state index contributed by atoms with van der Waals surface area (Å²) >= 11 is 0. The van der Waals surface area contributed by atoms with Gasteiger partial charge in [-0.25, -0.2) is 0 Å². The average Bonchev–Trinajstić information content (AvgIpc) is 2.78. The molecule has 0 aliphatic heterocycles. The van der Waals surface area contributed by atoms with Crippen LogP contribution in [0.5, 0.6) is 5.75 Å². The number of ether oxygens (including phenoxy) is 2. The second kappa shape index (κ2) is 10.7. The zero-order valence-corrected chi connectivity index (χ0v) is 16.3. The van der Waals surface area contributed by atoms with Crippen molar-refractivity contribution in [2.75, 3.05) is 6.61 Å². The lowest BCUT2D eigenvalue weighted by atomic mass is 10.1. The van der Waals surface area contributed by atoms with E-state index in [1.807, 2.05) is 54.6 Å². The van der Waals surface area contributed by atoms with Gasteiger partial charge in [0.1, 0.15) is 5.75 Å². The third kappa shape index (κ3) is 6.72. The minimum Gasteiger partial charge on any atom is -0.484 e. The molecular weight excluding hydrogens is 384 g/mol. The van der Waals surface area contributed by atoms with Crippen LogP contribution in [0.4, 0.5) is 5.69 Å². The first-order chi connectivity index (χ1) is 14.6. The number of hydrogen-bond acceptors (Lipinski definition) is 5. The molecule has 0 bridgehead atoms. The molecular formula is C23H22N2O5. The number of non-ortho nitro benzene ring substituents is 1. The molecule has 0 aliphatic rings. The molecule has 0 saturated heterocycles. The van der Waals surface area contributed by atoms with Crippen molar-refractivity contribution < 1.29 is 19.2 Å². The highest BCUT2D eigenvalue weighted by molar-refractivity contribution is 5.77. The average molecular weight is 406 g/mol. The minimum absolute atomic E-state index is 0.0271. The number of carbonyl (C=O) groups is 1. The molecule has 0 aliphatic carbocycles. The number of nitro benzene ring substituents is 1. The van der Waals surface area contributed by atoms with Crippen LogP contribution in [0.2, 0.25) is 0 Å². The summed E-state index contributed by atoms with van der Waals surface area (Å²) in [5.74, 6) is 0.124. The van der Waals surface area contributed by atoms with Crippen LogP contribution in [0.25, 0.3) is 0 Å². The normalized spacial score (nSPS) is 10.4. The van der Waals surface area contributed by atoms with Crippen LogP contribution < -0.4 is 10.1 Å². The molecule has 1 N–H and O–H groups in total. The van der Waals surface area contributed by atoms with Gasteiger partial charge in [0.2, 0.25) is 0 Å². The number of benzene rings is 3. The maximum atomic E-state index is 11.9. The van der Waals surface area contributed by atoms with E-state index in [2.05, 4.69) is 5.32 Å². The summed E-state index contributed by atoms with van der Waals surface area (Å²) in [6.45, 7) is 1.30. The molecule has 1 amide bonds. The Kier molecular flexibility index (Phi) is 7.51. The minimum atomic E-state index is -0.489. The maximum Gasteiger partial charge on any atom is 0.269 e. The number of nitrogens with zero attached hydrogens (tertiary/aromatic N) is 1. The Balaban J connectivity index is 1.36. The van der Waals surface area contributed by atoms with Crippen molar-refractivity contribution in [1.82, 2.24) is 5.32 Å². The standard InChI is InChI=1S/C23H22N2O5/c26-23(17-30-22-12-10-21(11-13-22)25(27)28)24-14-18-6-8-20(9-7-18)16-29-15-19-4-2-1-3-5-19/h1-13H,14-17H2,(H,24,26). The SMILES string of the molecule is O=C(COc1ccc([N+](=O)[O-])cc1)NCc1ccc(COCc2ccccc2)cc1. The van der Waals surface area contributed by atoms with Crippen molar-refractivity contribution in [3.05, 3.63) is 106 Å². The molecule has 7 nitrogen and oxygen atoms in total. The van der Waals surface area contributed by atoms with E-state index in [0.29, 0.717) is 25.5 Å². The van der Waals surface area contributed by atoms with Crippen molar-refractivity contribution in [3.8, 4) is 5.75 Å². The molecule has 3 aromatic rings. The van der Waals surface area contributed by atoms with Gasteiger partial charge in [-0.05, 0) is 28.8 Å². The molecule has 3 aromatic carbocycles. The van der Waals surface area contributed by atoms with Crippen LogP contribution in [-0.4, -0.2) is 17.4 Å². The van der Waals surface area contributed by atoms with Gasteiger partial charge in [-0.2, -0.15) is 0 Å². The molecule has 0 unspecified atom stereocenters. The Morgan fingerprint density at radius 2 is 1.43 bits per heavy atom. The fraction of sp³-hybridized carbons (Fsp3) is 0.174. The first-order valence-electron chi connectivity index (χ1n) is 9.43. The molecule has 0 aromatic heterocycles. The van der Waals surface area contributed by atoms with E-state index in [-0.39, 0.29) is 18.2 Å². The third-order valence-corrected chi connectivity index (χ3v) is 4.31. The molecule has 0 atom stereocenters. The van der Waals surface area contributed by atoms with Gasteiger partial charge in [-0.3, -0.25) is 14.9 Å². The predicted molar refractivity (Wildman–Crippen MR) is 112 cm³/mol. The lowest BCUT2D eigenvalue weighted by molar-refractivity contribution is -0.384. The summed E-state index contributed by atoms with van der Waals surface area (Å²) in [5.41, 5.74) is 3.13. The highest BCUT2D eigenvalue weighted by Crippen LogP contribution is 2.17. The Labute approximate surface area is 174 Å². The van der Waals surface area contributed by atoms with Gasteiger partial charge in [0, 0.05) is 18.7 Å². The zero-order valence-electron chi connectivity index (χ0n) is 16.3. The van der Waals surface area contributed by atoms with Crippen molar-refractivity contribution in [1.29, 1.82) is 0 Å². The molecule has 0 saturated carbocycles. The van der Waals surface area contributed by atoms with Crippen LogP contribution in [0.3, 0.4) is 0 Å². The molecule has 0 heterocycles. The Morgan fingerprint density at radius 3 is 2.07 bits per heavy atom. The van der Waals surface area contributed by atoms with Gasteiger partial charge in [-0.1, -0.05) is 54.6 Å². The van der Waals surface area contributed by atoms with Crippen molar-refractivity contribution in [2.24, 2.45) is 0 Å². The van der Waals surface area contributed by atoms with Crippen molar-refractivity contribution in [2.45, 2.75) is 19.8 Å². The van der Waals surface area contributed by atoms with E-state index in [4.69, 9.17) is 9.47 Å². The number of nitrogens with one attached hydrogen (secondary N) is 1. The van der Waals surface area contributed by atoms with Crippen LogP contribution in [-0.2, 0) is 29.3 Å². The van der Waals surface area contributed by atoms with Gasteiger partial charge >= 0.3 is 0 Å². The van der Waals surface area contributed by atoms with Crippen molar-refractivity contribution >= 4 is 11.6 Å². The quantitative estimate of drug-likeness (QED) is 0.406. The van der Waals surface area contributed by atoms with Gasteiger partial charge in [-0.15, -0.1) is 0 Å². The second-order valence-electron chi connectivity index (χ2n) is 6.61. The first kappa shape index (κ1) is 21.0. The van der Waals surface area contributed by atoms with E-state index >= 15 is 0 Å². The first-order valence-corrected chi connectivity index (χ1v) is 9.43. The molecule has 30 heavy (non-hydrogen) atoms. The topological polar surface area (TPSA) is 90.7 Å². The third-order valence-electron chi connectivity index (χ3n) is 4.31. The summed E-state index contributed by atoms with van der Waals surface area (Å²) < 4.78 is 11.1. The van der Waals surface area contributed by atoms with Gasteiger partial charge in [0.15, 0.2) is 6.61 Å². The summed E-state index contributed by atoms with van der Waals surface area (Å²) in [4.78, 5) is 22.1. The lowest BCUT2D eigenvalue weighted by Crippen LogP contribution is -2.28. The Bertz CT molecular complexity index is 957. The molecule has 7 heteroatoms. The van der Waals surface area contributed by atoms with Crippen LogP contribution in [0, 0.1) is 10.1 Å². The smallest absolute Gasteiger partial charge is 0.269 e. The highest BCUT2D eigenvalue weighted by atomic mass is 16.6. The number of rotatable bonds is 10. The molecule has 0 fully saturated rings. The summed E-state index contributed by atoms with van der Waals surface area (Å²) in [6, 6.07) is 23.4. The number of nitro groups is 1. The fourth-order valence-corrected chi connectivity index (χ4v) is 2.68. The van der Waals surface area contributed by atoms with Crippen molar-refractivity contribution in [3.63, 3.8) is 0 Å². The summed E-state index contributed by atoms with van der Waals surface area (Å²) in [5, 5.41) is 13.4. The molecule has 3 rings (SSSR count). The van der Waals surface area contributed by atoms with Crippen LogP contribution in [0.1, 0.15) is 16.7 Å². The lowest BCUT2D eigenvalue weighted by Gasteiger charge is -2.09. The Morgan fingerprint density at radius 1 is 0.833 bits per heavy atom. The fourth-order valence-electron chi connectivity index (χ4n) is 2.68. The molecule has 0 radical (unpaired) electrons.